The van der Waals surface area contributed by atoms with Gasteiger partial charge in [0.15, 0.2) is 5.78 Å². The predicted molar refractivity (Wildman–Crippen MR) is 81.4 cm³/mol. The zero-order valence-electron chi connectivity index (χ0n) is 13.4. The molecule has 0 aromatic heterocycles. The lowest BCUT2D eigenvalue weighted by Crippen LogP contribution is -2.28. The van der Waals surface area contributed by atoms with Gasteiger partial charge in [-0.2, -0.15) is 0 Å². The van der Waals surface area contributed by atoms with Crippen LogP contribution in [-0.2, 0) is 19.7 Å². The van der Waals surface area contributed by atoms with Crippen LogP contribution in [-0.4, -0.2) is 25.0 Å². The third kappa shape index (κ3) is 4.88. The van der Waals surface area contributed by atoms with Crippen molar-refractivity contribution >= 4 is 11.8 Å². The Labute approximate surface area is 126 Å². The highest BCUT2D eigenvalue weighted by Gasteiger charge is 2.24. The van der Waals surface area contributed by atoms with Gasteiger partial charge in [0.25, 0.3) is 0 Å². The van der Waals surface area contributed by atoms with Crippen LogP contribution < -0.4 is 4.74 Å². The number of benzene rings is 1. The van der Waals surface area contributed by atoms with E-state index in [4.69, 9.17) is 9.47 Å². The summed E-state index contributed by atoms with van der Waals surface area (Å²) in [4.78, 5) is 23.5. The molecule has 4 nitrogen and oxygen atoms in total. The number of ether oxygens (including phenoxy) is 2. The zero-order chi connectivity index (χ0) is 16.0. The maximum atomic E-state index is 12.0. The average molecular weight is 292 g/mol. The first-order chi connectivity index (χ1) is 9.77. The smallest absolute Gasteiger partial charge is 0.316 e. The average Bonchev–Trinajstić information content (AvgIpc) is 2.43. The molecule has 1 atom stereocenters. The van der Waals surface area contributed by atoms with Crippen molar-refractivity contribution in [1.29, 1.82) is 0 Å². The summed E-state index contributed by atoms with van der Waals surface area (Å²) in [6, 6.07) is 7.62. The molecule has 0 saturated carbocycles. The molecule has 0 N–H and O–H groups in total. The van der Waals surface area contributed by atoms with Gasteiger partial charge in [0, 0.05) is 0 Å². The summed E-state index contributed by atoms with van der Waals surface area (Å²) >= 11 is 0. The van der Waals surface area contributed by atoms with Crippen molar-refractivity contribution in [2.24, 2.45) is 5.92 Å². The van der Waals surface area contributed by atoms with Gasteiger partial charge in [0.05, 0.1) is 6.61 Å². The molecule has 0 amide bonds. The molecule has 116 valence electrons. The van der Waals surface area contributed by atoms with E-state index in [1.54, 1.807) is 13.8 Å². The van der Waals surface area contributed by atoms with Crippen LogP contribution in [0.5, 0.6) is 5.75 Å². The lowest BCUT2D eigenvalue weighted by atomic mass is 9.86. The van der Waals surface area contributed by atoms with Crippen molar-refractivity contribution < 1.29 is 19.1 Å². The maximum absolute atomic E-state index is 12.0. The van der Waals surface area contributed by atoms with E-state index in [-0.39, 0.29) is 24.4 Å². The number of Topliss-reactive ketones (excluding diaryl/α,β-unsaturated/α-hetero) is 1. The molecule has 0 aliphatic heterocycles. The minimum Gasteiger partial charge on any atom is -0.486 e. The second-order valence-electron chi connectivity index (χ2n) is 5.97. The first kappa shape index (κ1) is 17.2. The largest absolute Gasteiger partial charge is 0.486 e. The summed E-state index contributed by atoms with van der Waals surface area (Å²) in [7, 11) is 0. The standard InChI is InChI=1S/C17H24O4/c1-6-20-16(19)12(2)14(18)11-21-15-10-8-7-9-13(15)17(3,4)5/h7-10,12H,6,11H2,1-5H3. The normalized spacial score (nSPS) is 12.6. The first-order valence-electron chi connectivity index (χ1n) is 7.19. The summed E-state index contributed by atoms with van der Waals surface area (Å²) in [5.41, 5.74) is 0.952. The highest BCUT2D eigenvalue weighted by Crippen LogP contribution is 2.30. The zero-order valence-corrected chi connectivity index (χ0v) is 13.4. The van der Waals surface area contributed by atoms with Crippen molar-refractivity contribution in [3.8, 4) is 5.75 Å². The molecule has 0 bridgehead atoms. The van der Waals surface area contributed by atoms with Gasteiger partial charge in [-0.3, -0.25) is 9.59 Å². The van der Waals surface area contributed by atoms with Gasteiger partial charge < -0.3 is 9.47 Å². The molecule has 0 fully saturated rings. The van der Waals surface area contributed by atoms with Crippen LogP contribution in [0.15, 0.2) is 24.3 Å². The van der Waals surface area contributed by atoms with Gasteiger partial charge >= 0.3 is 5.97 Å². The molecular weight excluding hydrogens is 268 g/mol. The fraction of sp³-hybridized carbons (Fsp3) is 0.529. The summed E-state index contributed by atoms with van der Waals surface area (Å²) in [5, 5.41) is 0. The van der Waals surface area contributed by atoms with Crippen LogP contribution in [0.2, 0.25) is 0 Å². The van der Waals surface area contributed by atoms with Gasteiger partial charge in [-0.1, -0.05) is 39.0 Å². The third-order valence-corrected chi connectivity index (χ3v) is 3.19. The number of para-hydroxylation sites is 1. The molecule has 0 spiro atoms. The van der Waals surface area contributed by atoms with Crippen molar-refractivity contribution in [3.05, 3.63) is 29.8 Å². The van der Waals surface area contributed by atoms with Crippen LogP contribution in [0.4, 0.5) is 0 Å². The molecule has 1 aromatic carbocycles. The number of ketones is 1. The lowest BCUT2D eigenvalue weighted by molar-refractivity contribution is -0.151. The molecule has 0 heterocycles. The summed E-state index contributed by atoms with van der Waals surface area (Å²) in [5.74, 6) is -0.909. The highest BCUT2D eigenvalue weighted by atomic mass is 16.5. The summed E-state index contributed by atoms with van der Waals surface area (Å²) in [6.45, 7) is 9.64. The number of carbonyl (C=O) groups excluding carboxylic acids is 2. The fourth-order valence-corrected chi connectivity index (χ4v) is 1.88. The van der Waals surface area contributed by atoms with Gasteiger partial charge in [-0.25, -0.2) is 0 Å². The molecule has 21 heavy (non-hydrogen) atoms. The Hall–Kier alpha value is -1.84. The Kier molecular flexibility index (Phi) is 5.94. The molecule has 0 aliphatic rings. The fourth-order valence-electron chi connectivity index (χ4n) is 1.88. The Bertz CT molecular complexity index is 500. The summed E-state index contributed by atoms with van der Waals surface area (Å²) in [6.07, 6.45) is 0. The Balaban J connectivity index is 2.72. The molecule has 0 aliphatic carbocycles. The monoisotopic (exact) mass is 292 g/mol. The van der Waals surface area contributed by atoms with Crippen LogP contribution in [0.25, 0.3) is 0 Å². The Morgan fingerprint density at radius 2 is 1.81 bits per heavy atom. The minimum atomic E-state index is -0.799. The van der Waals surface area contributed by atoms with E-state index in [1.165, 1.54) is 0 Å². The summed E-state index contributed by atoms with van der Waals surface area (Å²) < 4.78 is 10.5. The van der Waals surface area contributed by atoms with E-state index in [2.05, 4.69) is 20.8 Å². The molecular formula is C17H24O4. The molecule has 0 saturated heterocycles. The predicted octanol–water partition coefficient (Wildman–Crippen LogP) is 3.13. The minimum absolute atomic E-state index is 0.0770. The highest BCUT2D eigenvalue weighted by molar-refractivity contribution is 5.99. The topological polar surface area (TPSA) is 52.6 Å². The molecule has 4 heteroatoms. The van der Waals surface area contributed by atoms with Crippen molar-refractivity contribution in [3.63, 3.8) is 0 Å². The van der Waals surface area contributed by atoms with Crippen LogP contribution >= 0.6 is 0 Å². The van der Waals surface area contributed by atoms with Crippen molar-refractivity contribution in [2.45, 2.75) is 40.0 Å². The van der Waals surface area contributed by atoms with E-state index in [9.17, 15) is 9.59 Å². The van der Waals surface area contributed by atoms with Gasteiger partial charge in [-0.05, 0) is 30.9 Å². The SMILES string of the molecule is CCOC(=O)C(C)C(=O)COc1ccccc1C(C)(C)C. The number of rotatable bonds is 6. The number of esters is 1. The van der Waals surface area contributed by atoms with Crippen molar-refractivity contribution in [1.82, 2.24) is 0 Å². The Morgan fingerprint density at radius 3 is 2.38 bits per heavy atom. The number of hydrogen-bond donors (Lipinski definition) is 0. The number of carbonyl (C=O) groups is 2. The van der Waals surface area contributed by atoms with Crippen LogP contribution in [0.1, 0.15) is 40.2 Å². The quantitative estimate of drug-likeness (QED) is 0.597. The van der Waals surface area contributed by atoms with Gasteiger partial charge in [0.2, 0.25) is 0 Å². The third-order valence-electron chi connectivity index (χ3n) is 3.19. The molecule has 1 unspecified atom stereocenters. The number of hydrogen-bond acceptors (Lipinski definition) is 4. The van der Waals surface area contributed by atoms with Crippen LogP contribution in [0.3, 0.4) is 0 Å². The van der Waals surface area contributed by atoms with E-state index in [0.29, 0.717) is 5.75 Å². The van der Waals surface area contributed by atoms with E-state index >= 15 is 0 Å². The lowest BCUT2D eigenvalue weighted by Gasteiger charge is -2.22. The first-order valence-corrected chi connectivity index (χ1v) is 7.19. The molecule has 1 aromatic rings. The van der Waals surface area contributed by atoms with E-state index < -0.39 is 11.9 Å². The second-order valence-corrected chi connectivity index (χ2v) is 5.97. The van der Waals surface area contributed by atoms with Gasteiger partial charge in [0.1, 0.15) is 18.3 Å². The van der Waals surface area contributed by atoms with Gasteiger partial charge in [-0.15, -0.1) is 0 Å². The molecule has 1 rings (SSSR count). The van der Waals surface area contributed by atoms with E-state index in [0.717, 1.165) is 5.56 Å². The maximum Gasteiger partial charge on any atom is 0.316 e. The second kappa shape index (κ2) is 7.25. The van der Waals surface area contributed by atoms with E-state index in [1.807, 2.05) is 24.3 Å². The molecule has 0 radical (unpaired) electrons. The van der Waals surface area contributed by atoms with Crippen LogP contribution in [0, 0.1) is 5.92 Å². The Morgan fingerprint density at radius 1 is 1.19 bits per heavy atom. The van der Waals surface area contributed by atoms with Crippen molar-refractivity contribution in [2.75, 3.05) is 13.2 Å².